The van der Waals surface area contributed by atoms with Gasteiger partial charge in [0.2, 0.25) is 0 Å². The van der Waals surface area contributed by atoms with E-state index < -0.39 is 0 Å². The molecule has 0 saturated carbocycles. The van der Waals surface area contributed by atoms with Gasteiger partial charge in [0, 0.05) is 0 Å². The zero-order valence-corrected chi connectivity index (χ0v) is 15.6. The fraction of sp³-hybridized carbons (Fsp3) is 0.476. The van der Waals surface area contributed by atoms with Crippen LogP contribution in [0.15, 0.2) is 42.5 Å². The minimum absolute atomic E-state index is 0.0266. The molecule has 0 aliphatic heterocycles. The van der Waals surface area contributed by atoms with Gasteiger partial charge in [-0.05, 0) is 29.3 Å². The van der Waals surface area contributed by atoms with E-state index in [-0.39, 0.29) is 12.4 Å². The van der Waals surface area contributed by atoms with Gasteiger partial charge in [0.25, 0.3) is 0 Å². The normalized spacial score (nSPS) is 10.4. The number of fused-ring (bicyclic) bond motifs is 1. The van der Waals surface area contributed by atoms with E-state index in [1.807, 2.05) is 12.1 Å². The second-order valence-electron chi connectivity index (χ2n) is 5.81. The van der Waals surface area contributed by atoms with Crippen molar-refractivity contribution in [2.45, 2.75) is 33.8 Å². The van der Waals surface area contributed by atoms with Crippen molar-refractivity contribution in [1.29, 1.82) is 0 Å². The number of carbonyl (C=O) groups is 1. The Morgan fingerprint density at radius 1 is 0.840 bits per heavy atom. The molecule has 2 rings (SSSR count). The van der Waals surface area contributed by atoms with Crippen LogP contribution in [0, 0.1) is 0 Å². The number of rotatable bonds is 10. The Kier molecular flexibility index (Phi) is 11.5. The van der Waals surface area contributed by atoms with Crippen LogP contribution >= 0.6 is 0 Å². The standard InChI is InChI=1S/C18H22O4.C3H8/c1-15(19)13-21-10-8-20-9-11-22-14-16-6-7-17-4-2-3-5-18(17)12-16;1-3-2/h2-7,12H,8-11,13-14H2,1H3;3H2,1-2H3. The van der Waals surface area contributed by atoms with E-state index in [1.165, 1.54) is 24.1 Å². The number of carbonyl (C=O) groups excluding carboxylic acids is 1. The van der Waals surface area contributed by atoms with E-state index in [0.717, 1.165) is 5.56 Å². The summed E-state index contributed by atoms with van der Waals surface area (Å²) >= 11 is 0. The van der Waals surface area contributed by atoms with E-state index in [2.05, 4.69) is 44.2 Å². The molecule has 138 valence electrons. The van der Waals surface area contributed by atoms with Crippen LogP contribution in [-0.4, -0.2) is 38.8 Å². The molecule has 0 heterocycles. The van der Waals surface area contributed by atoms with Gasteiger partial charge in [0.15, 0.2) is 5.78 Å². The predicted molar refractivity (Wildman–Crippen MR) is 102 cm³/mol. The molecule has 4 nitrogen and oxygen atoms in total. The first-order valence-electron chi connectivity index (χ1n) is 8.87. The molecule has 2 aromatic rings. The highest BCUT2D eigenvalue weighted by molar-refractivity contribution is 5.82. The van der Waals surface area contributed by atoms with Gasteiger partial charge in [-0.3, -0.25) is 4.79 Å². The average Bonchev–Trinajstić information content (AvgIpc) is 2.60. The first-order valence-corrected chi connectivity index (χ1v) is 8.87. The van der Waals surface area contributed by atoms with E-state index in [1.54, 1.807) is 0 Å². The van der Waals surface area contributed by atoms with Crippen LogP contribution in [0.5, 0.6) is 0 Å². The van der Waals surface area contributed by atoms with Crippen molar-refractivity contribution in [3.8, 4) is 0 Å². The Labute approximate surface area is 151 Å². The van der Waals surface area contributed by atoms with Crippen molar-refractivity contribution in [2.24, 2.45) is 0 Å². The Morgan fingerprint density at radius 2 is 1.44 bits per heavy atom. The molecule has 0 aromatic heterocycles. The molecular weight excluding hydrogens is 316 g/mol. The molecule has 2 aromatic carbocycles. The molecule has 4 heteroatoms. The maximum Gasteiger partial charge on any atom is 0.155 e. The van der Waals surface area contributed by atoms with Crippen molar-refractivity contribution >= 4 is 16.6 Å². The highest BCUT2D eigenvalue weighted by Crippen LogP contribution is 2.16. The summed E-state index contributed by atoms with van der Waals surface area (Å²) in [5.41, 5.74) is 1.16. The summed E-state index contributed by atoms with van der Waals surface area (Å²) in [5, 5.41) is 2.46. The van der Waals surface area contributed by atoms with Crippen molar-refractivity contribution < 1.29 is 19.0 Å². The van der Waals surface area contributed by atoms with Gasteiger partial charge >= 0.3 is 0 Å². The van der Waals surface area contributed by atoms with Crippen LogP contribution in [0.25, 0.3) is 10.8 Å². The third-order valence-corrected chi connectivity index (χ3v) is 3.13. The number of ketones is 1. The fourth-order valence-electron chi connectivity index (χ4n) is 2.07. The molecular formula is C21H30O4. The van der Waals surface area contributed by atoms with Gasteiger partial charge in [-0.15, -0.1) is 0 Å². The molecule has 0 aliphatic carbocycles. The van der Waals surface area contributed by atoms with Crippen LogP contribution in [0.1, 0.15) is 32.8 Å². The number of ether oxygens (including phenoxy) is 3. The summed E-state index contributed by atoms with van der Waals surface area (Å²) in [7, 11) is 0. The lowest BCUT2D eigenvalue weighted by atomic mass is 10.1. The highest BCUT2D eigenvalue weighted by Gasteiger charge is 1.97. The summed E-state index contributed by atoms with van der Waals surface area (Å²) < 4.78 is 16.1. The molecule has 0 saturated heterocycles. The van der Waals surface area contributed by atoms with Gasteiger partial charge in [0.1, 0.15) is 6.61 Å². The van der Waals surface area contributed by atoms with Crippen LogP contribution in [0.2, 0.25) is 0 Å². The first kappa shape index (κ1) is 21.3. The van der Waals surface area contributed by atoms with E-state index in [0.29, 0.717) is 33.0 Å². The van der Waals surface area contributed by atoms with E-state index >= 15 is 0 Å². The SMILES string of the molecule is CC(=O)COCCOCCOCc1ccc2ccccc2c1.CCC. The van der Waals surface area contributed by atoms with Gasteiger partial charge in [-0.2, -0.15) is 0 Å². The minimum atomic E-state index is 0.0266. The summed E-state index contributed by atoms with van der Waals surface area (Å²) in [6.07, 6.45) is 1.25. The molecule has 0 bridgehead atoms. The van der Waals surface area contributed by atoms with Crippen molar-refractivity contribution in [1.82, 2.24) is 0 Å². The summed E-state index contributed by atoms with van der Waals surface area (Å²) in [6.45, 7) is 8.46. The largest absolute Gasteiger partial charge is 0.377 e. The van der Waals surface area contributed by atoms with Crippen LogP contribution < -0.4 is 0 Å². The third kappa shape index (κ3) is 9.97. The van der Waals surface area contributed by atoms with Gasteiger partial charge in [-0.25, -0.2) is 0 Å². The van der Waals surface area contributed by atoms with Crippen molar-refractivity contribution in [2.75, 3.05) is 33.0 Å². The molecule has 0 N–H and O–H groups in total. The molecule has 0 amide bonds. The van der Waals surface area contributed by atoms with Crippen molar-refractivity contribution in [3.05, 3.63) is 48.0 Å². The van der Waals surface area contributed by atoms with Crippen LogP contribution in [0.3, 0.4) is 0 Å². The second-order valence-corrected chi connectivity index (χ2v) is 5.81. The molecule has 25 heavy (non-hydrogen) atoms. The van der Waals surface area contributed by atoms with Crippen LogP contribution in [0.4, 0.5) is 0 Å². The van der Waals surface area contributed by atoms with Gasteiger partial charge < -0.3 is 14.2 Å². The highest BCUT2D eigenvalue weighted by atomic mass is 16.5. The third-order valence-electron chi connectivity index (χ3n) is 3.13. The molecule has 0 unspecified atom stereocenters. The molecule has 0 fully saturated rings. The van der Waals surface area contributed by atoms with Gasteiger partial charge in [-0.1, -0.05) is 56.7 Å². The number of Topliss-reactive ketones (excluding diaryl/α,β-unsaturated/α-hetero) is 1. The number of benzene rings is 2. The predicted octanol–water partition coefficient (Wildman–Crippen LogP) is 4.39. The molecule has 0 radical (unpaired) electrons. The van der Waals surface area contributed by atoms with Crippen LogP contribution in [-0.2, 0) is 25.6 Å². The smallest absolute Gasteiger partial charge is 0.155 e. The Balaban J connectivity index is 0.000000970. The monoisotopic (exact) mass is 346 g/mol. The van der Waals surface area contributed by atoms with E-state index in [4.69, 9.17) is 14.2 Å². The topological polar surface area (TPSA) is 44.8 Å². The Hall–Kier alpha value is -1.75. The maximum atomic E-state index is 10.6. The summed E-state index contributed by atoms with van der Waals surface area (Å²) in [4.78, 5) is 10.6. The first-order chi connectivity index (χ1) is 12.2. The Morgan fingerprint density at radius 3 is 2.12 bits per heavy atom. The lowest BCUT2D eigenvalue weighted by molar-refractivity contribution is -0.122. The molecule has 0 aliphatic rings. The van der Waals surface area contributed by atoms with Gasteiger partial charge in [0.05, 0.1) is 33.0 Å². The zero-order valence-electron chi connectivity index (χ0n) is 15.6. The number of hydrogen-bond acceptors (Lipinski definition) is 4. The lowest BCUT2D eigenvalue weighted by Crippen LogP contribution is -2.12. The second kappa shape index (κ2) is 13.5. The molecule has 0 atom stereocenters. The minimum Gasteiger partial charge on any atom is -0.377 e. The fourth-order valence-corrected chi connectivity index (χ4v) is 2.07. The molecule has 0 spiro atoms. The Bertz CT molecular complexity index is 610. The quantitative estimate of drug-likeness (QED) is 0.598. The lowest BCUT2D eigenvalue weighted by Gasteiger charge is -2.07. The number of hydrogen-bond donors (Lipinski definition) is 0. The summed E-state index contributed by atoms with van der Waals surface area (Å²) in [5.74, 6) is 0.0266. The van der Waals surface area contributed by atoms with Crippen molar-refractivity contribution in [3.63, 3.8) is 0 Å². The van der Waals surface area contributed by atoms with E-state index in [9.17, 15) is 4.79 Å². The maximum absolute atomic E-state index is 10.6. The average molecular weight is 346 g/mol. The summed E-state index contributed by atoms with van der Waals surface area (Å²) in [6, 6.07) is 14.6. The zero-order chi connectivity index (χ0) is 18.3.